The average molecular weight is 356 g/mol. The summed E-state index contributed by atoms with van der Waals surface area (Å²) in [6.07, 6.45) is 1.43. The Labute approximate surface area is 136 Å². The third kappa shape index (κ3) is 4.64. The van der Waals surface area contributed by atoms with Crippen LogP contribution in [0, 0.1) is 5.82 Å². The highest BCUT2D eigenvalue weighted by atomic mass is 32.2. The normalized spacial score (nSPS) is 11.1. The predicted octanol–water partition coefficient (Wildman–Crippen LogP) is 0.539. The third-order valence-electron chi connectivity index (χ3n) is 2.86. The molecular formula is C14H13FN2O6S. The standard InChI is InChI=1S/C14H13FN2O6S/c15-12-4-3-10(24(16,20)21)6-11(12)14(19)23-8-13(18)17-7-9-2-1-5-22-9/h1-6H,7-8H2,(H,17,18)(H2,16,20,21). The zero-order valence-electron chi connectivity index (χ0n) is 12.2. The Morgan fingerprint density at radius 1 is 1.29 bits per heavy atom. The summed E-state index contributed by atoms with van der Waals surface area (Å²) in [5, 5.41) is 7.33. The van der Waals surface area contributed by atoms with Gasteiger partial charge in [-0.1, -0.05) is 0 Å². The Hall–Kier alpha value is -2.72. The molecule has 0 saturated heterocycles. The molecule has 1 heterocycles. The molecule has 1 aromatic carbocycles. The van der Waals surface area contributed by atoms with Crippen molar-refractivity contribution in [3.8, 4) is 0 Å². The van der Waals surface area contributed by atoms with Gasteiger partial charge in [-0.15, -0.1) is 0 Å². The zero-order chi connectivity index (χ0) is 17.7. The Bertz CT molecular complexity index is 848. The van der Waals surface area contributed by atoms with Crippen LogP contribution in [0.3, 0.4) is 0 Å². The largest absolute Gasteiger partial charge is 0.467 e. The summed E-state index contributed by atoms with van der Waals surface area (Å²) in [5.74, 6) is -2.32. The van der Waals surface area contributed by atoms with E-state index in [2.05, 4.69) is 10.1 Å². The molecule has 2 rings (SSSR count). The number of halogens is 1. The van der Waals surface area contributed by atoms with Crippen LogP contribution in [0.2, 0.25) is 0 Å². The number of hydrogen-bond donors (Lipinski definition) is 2. The van der Waals surface area contributed by atoms with Crippen molar-refractivity contribution < 1.29 is 31.6 Å². The van der Waals surface area contributed by atoms with Crippen LogP contribution in [0.1, 0.15) is 16.1 Å². The molecular weight excluding hydrogens is 343 g/mol. The van der Waals surface area contributed by atoms with Crippen LogP contribution in [0.4, 0.5) is 4.39 Å². The molecule has 1 aromatic heterocycles. The number of carbonyl (C=O) groups excluding carboxylic acids is 2. The lowest BCUT2D eigenvalue weighted by atomic mass is 10.2. The number of nitrogens with one attached hydrogen (secondary N) is 1. The number of ether oxygens (including phenoxy) is 1. The number of benzene rings is 1. The van der Waals surface area contributed by atoms with Crippen LogP contribution in [-0.4, -0.2) is 26.9 Å². The minimum Gasteiger partial charge on any atom is -0.467 e. The van der Waals surface area contributed by atoms with Crippen molar-refractivity contribution in [1.82, 2.24) is 5.32 Å². The van der Waals surface area contributed by atoms with Gasteiger partial charge in [-0.2, -0.15) is 0 Å². The van der Waals surface area contributed by atoms with Gasteiger partial charge in [0.05, 0.1) is 23.3 Å². The number of carbonyl (C=O) groups is 2. The highest BCUT2D eigenvalue weighted by molar-refractivity contribution is 7.89. The molecule has 10 heteroatoms. The lowest BCUT2D eigenvalue weighted by Gasteiger charge is -2.07. The average Bonchev–Trinajstić information content (AvgIpc) is 3.03. The molecule has 1 amide bonds. The van der Waals surface area contributed by atoms with E-state index in [1.807, 2.05) is 0 Å². The SMILES string of the molecule is NS(=O)(=O)c1ccc(F)c(C(=O)OCC(=O)NCc2ccco2)c1. The van der Waals surface area contributed by atoms with Gasteiger partial charge in [-0.25, -0.2) is 22.7 Å². The maximum atomic E-state index is 13.6. The van der Waals surface area contributed by atoms with Crippen LogP contribution in [0.15, 0.2) is 45.9 Å². The lowest BCUT2D eigenvalue weighted by Crippen LogP contribution is -2.28. The molecule has 0 spiro atoms. The molecule has 0 aliphatic carbocycles. The number of furan rings is 1. The molecule has 0 unspecified atom stereocenters. The Morgan fingerprint density at radius 3 is 2.67 bits per heavy atom. The van der Waals surface area contributed by atoms with Crippen molar-refractivity contribution in [3.63, 3.8) is 0 Å². The maximum Gasteiger partial charge on any atom is 0.341 e. The van der Waals surface area contributed by atoms with E-state index in [0.717, 1.165) is 18.2 Å². The van der Waals surface area contributed by atoms with Crippen molar-refractivity contribution in [2.75, 3.05) is 6.61 Å². The first kappa shape index (κ1) is 17.6. The van der Waals surface area contributed by atoms with Gasteiger partial charge in [0.2, 0.25) is 10.0 Å². The van der Waals surface area contributed by atoms with E-state index in [1.54, 1.807) is 12.1 Å². The number of rotatable bonds is 6. The highest BCUT2D eigenvalue weighted by Crippen LogP contribution is 2.15. The second-order valence-electron chi connectivity index (χ2n) is 4.62. The topological polar surface area (TPSA) is 129 Å². The van der Waals surface area contributed by atoms with Crippen LogP contribution in [0.25, 0.3) is 0 Å². The Balaban J connectivity index is 1.96. The van der Waals surface area contributed by atoms with Gasteiger partial charge in [0.1, 0.15) is 11.6 Å². The summed E-state index contributed by atoms with van der Waals surface area (Å²) >= 11 is 0. The summed E-state index contributed by atoms with van der Waals surface area (Å²) in [6, 6.07) is 5.71. The Morgan fingerprint density at radius 2 is 2.04 bits per heavy atom. The van der Waals surface area contributed by atoms with E-state index in [9.17, 15) is 22.4 Å². The summed E-state index contributed by atoms with van der Waals surface area (Å²) in [4.78, 5) is 22.9. The summed E-state index contributed by atoms with van der Waals surface area (Å²) < 4.78 is 45.7. The van der Waals surface area contributed by atoms with Crippen molar-refractivity contribution >= 4 is 21.9 Å². The van der Waals surface area contributed by atoms with E-state index >= 15 is 0 Å². The van der Waals surface area contributed by atoms with Gasteiger partial charge in [0, 0.05) is 0 Å². The molecule has 24 heavy (non-hydrogen) atoms. The fourth-order valence-corrected chi connectivity index (χ4v) is 2.24. The number of nitrogens with two attached hydrogens (primary N) is 1. The Kier molecular flexibility index (Phi) is 5.31. The van der Waals surface area contributed by atoms with Gasteiger partial charge in [-0.05, 0) is 30.3 Å². The molecule has 0 aliphatic heterocycles. The van der Waals surface area contributed by atoms with E-state index in [0.29, 0.717) is 5.76 Å². The van der Waals surface area contributed by atoms with E-state index in [-0.39, 0.29) is 6.54 Å². The van der Waals surface area contributed by atoms with Crippen LogP contribution in [-0.2, 0) is 26.1 Å². The molecule has 0 fully saturated rings. The van der Waals surface area contributed by atoms with Crippen molar-refractivity contribution in [2.45, 2.75) is 11.4 Å². The van der Waals surface area contributed by atoms with Gasteiger partial charge < -0.3 is 14.5 Å². The smallest absolute Gasteiger partial charge is 0.341 e. The number of primary sulfonamides is 1. The lowest BCUT2D eigenvalue weighted by molar-refractivity contribution is -0.124. The second-order valence-corrected chi connectivity index (χ2v) is 6.18. The molecule has 128 valence electrons. The minimum absolute atomic E-state index is 0.0959. The molecule has 0 saturated carbocycles. The van der Waals surface area contributed by atoms with Crippen LogP contribution >= 0.6 is 0 Å². The molecule has 3 N–H and O–H groups in total. The summed E-state index contributed by atoms with van der Waals surface area (Å²) in [5.41, 5.74) is -0.639. The summed E-state index contributed by atoms with van der Waals surface area (Å²) in [7, 11) is -4.10. The van der Waals surface area contributed by atoms with Crippen molar-refractivity contribution in [1.29, 1.82) is 0 Å². The van der Waals surface area contributed by atoms with Gasteiger partial charge in [0.15, 0.2) is 6.61 Å². The third-order valence-corrected chi connectivity index (χ3v) is 3.77. The van der Waals surface area contributed by atoms with E-state index in [1.165, 1.54) is 6.26 Å². The zero-order valence-corrected chi connectivity index (χ0v) is 13.0. The molecule has 0 bridgehead atoms. The highest BCUT2D eigenvalue weighted by Gasteiger charge is 2.19. The predicted molar refractivity (Wildman–Crippen MR) is 78.6 cm³/mol. The molecule has 0 radical (unpaired) electrons. The van der Waals surface area contributed by atoms with Gasteiger partial charge >= 0.3 is 5.97 Å². The quantitative estimate of drug-likeness (QED) is 0.727. The first-order chi connectivity index (χ1) is 11.3. The first-order valence-electron chi connectivity index (χ1n) is 6.56. The molecule has 8 nitrogen and oxygen atoms in total. The fourth-order valence-electron chi connectivity index (χ4n) is 1.70. The van der Waals surface area contributed by atoms with Crippen LogP contribution in [0.5, 0.6) is 0 Å². The van der Waals surface area contributed by atoms with Crippen molar-refractivity contribution in [2.24, 2.45) is 5.14 Å². The van der Waals surface area contributed by atoms with Crippen molar-refractivity contribution in [3.05, 3.63) is 53.7 Å². The number of esters is 1. The molecule has 0 atom stereocenters. The van der Waals surface area contributed by atoms with Gasteiger partial charge in [-0.3, -0.25) is 4.79 Å². The van der Waals surface area contributed by atoms with Gasteiger partial charge in [0.25, 0.3) is 5.91 Å². The molecule has 0 aliphatic rings. The number of hydrogen-bond acceptors (Lipinski definition) is 6. The summed E-state index contributed by atoms with van der Waals surface area (Å²) in [6.45, 7) is -0.572. The maximum absolute atomic E-state index is 13.6. The first-order valence-corrected chi connectivity index (χ1v) is 8.10. The van der Waals surface area contributed by atoms with Crippen LogP contribution < -0.4 is 10.5 Å². The monoisotopic (exact) mass is 356 g/mol. The molecule has 2 aromatic rings. The number of sulfonamides is 1. The van der Waals surface area contributed by atoms with E-state index < -0.39 is 44.8 Å². The second kappa shape index (κ2) is 7.23. The van der Waals surface area contributed by atoms with E-state index in [4.69, 9.17) is 9.56 Å². The minimum atomic E-state index is -4.10. The fraction of sp³-hybridized carbons (Fsp3) is 0.143. The number of amides is 1.